The summed E-state index contributed by atoms with van der Waals surface area (Å²) in [6, 6.07) is 9.28. The molecular weight excluding hydrogens is 230 g/mol. The maximum atomic E-state index is 11.2. The average Bonchev–Trinajstić information content (AvgIpc) is 2.24. The molecule has 0 saturated carbocycles. The first-order valence-electron chi connectivity index (χ1n) is 4.55. The first kappa shape index (κ1) is 12.6. The van der Waals surface area contributed by atoms with Gasteiger partial charge in [-0.25, -0.2) is 5.14 Å². The van der Waals surface area contributed by atoms with Gasteiger partial charge in [-0.3, -0.25) is 4.79 Å². The monoisotopic (exact) mass is 243 g/mol. The van der Waals surface area contributed by atoms with E-state index in [4.69, 9.17) is 0 Å². The molecule has 1 aromatic rings. The Morgan fingerprint density at radius 2 is 1.88 bits per heavy atom. The summed E-state index contributed by atoms with van der Waals surface area (Å²) >= 11 is 0. The quantitative estimate of drug-likeness (QED) is 0.624. The Morgan fingerprint density at radius 1 is 1.25 bits per heavy atom. The van der Waals surface area contributed by atoms with Crippen LogP contribution in [0, 0.1) is 0 Å². The summed E-state index contributed by atoms with van der Waals surface area (Å²) in [7, 11) is -3.81. The summed E-state index contributed by atoms with van der Waals surface area (Å²) in [4.78, 5) is 11.2. The molecule has 1 rings (SSSR count). The summed E-state index contributed by atoms with van der Waals surface area (Å²) in [5.41, 5.74) is 0.937. The molecule has 0 fully saturated rings. The normalized spacial score (nSPS) is 11.1. The summed E-state index contributed by atoms with van der Waals surface area (Å²) in [5.74, 6) is -0.433. The molecule has 0 spiro atoms. The molecule has 88 valence electrons. The van der Waals surface area contributed by atoms with Gasteiger partial charge in [0.1, 0.15) is 0 Å². The Hall–Kier alpha value is -1.44. The van der Waals surface area contributed by atoms with Crippen molar-refractivity contribution in [3.8, 4) is 0 Å². The van der Waals surface area contributed by atoms with Crippen LogP contribution in [0.15, 0.2) is 30.3 Å². The van der Waals surface area contributed by atoms with Gasteiger partial charge in [-0.15, -0.1) is 0 Å². The minimum atomic E-state index is -3.81. The van der Waals surface area contributed by atoms with Gasteiger partial charge in [-0.05, 0) is 5.56 Å². The Kier molecular flexibility index (Phi) is 4.41. The number of hydrogen-bond donors (Lipinski definition) is 3. The number of carbonyl (C=O) groups is 1. The van der Waals surface area contributed by atoms with Crippen molar-refractivity contribution in [1.29, 1.82) is 0 Å². The number of nitrogens with two attached hydrogens (primary N) is 1. The first-order chi connectivity index (χ1) is 7.47. The highest BCUT2D eigenvalue weighted by molar-refractivity contribution is 7.87. The lowest BCUT2D eigenvalue weighted by atomic mass is 10.2. The van der Waals surface area contributed by atoms with Gasteiger partial charge in [0.05, 0.1) is 6.54 Å². The van der Waals surface area contributed by atoms with Crippen molar-refractivity contribution < 1.29 is 13.2 Å². The summed E-state index contributed by atoms with van der Waals surface area (Å²) in [6.07, 6.45) is 0. The van der Waals surface area contributed by atoms with E-state index in [2.05, 4.69) is 10.5 Å². The number of hydrogen-bond acceptors (Lipinski definition) is 3. The van der Waals surface area contributed by atoms with Gasteiger partial charge in [0, 0.05) is 6.54 Å². The SMILES string of the molecule is NS(=O)(=O)NCC(=O)NCc1ccccc1. The fourth-order valence-corrected chi connectivity index (χ4v) is 1.36. The second-order valence-electron chi connectivity index (χ2n) is 3.13. The molecule has 16 heavy (non-hydrogen) atoms. The lowest BCUT2D eigenvalue weighted by Crippen LogP contribution is -2.39. The Bertz CT molecular complexity index is 444. The highest BCUT2D eigenvalue weighted by Gasteiger charge is 2.05. The lowest BCUT2D eigenvalue weighted by Gasteiger charge is -2.05. The van der Waals surface area contributed by atoms with Crippen LogP contribution in [0.4, 0.5) is 0 Å². The Balaban J connectivity index is 2.31. The van der Waals surface area contributed by atoms with Crippen molar-refractivity contribution in [2.75, 3.05) is 6.54 Å². The minimum absolute atomic E-state index is 0.353. The number of nitrogens with one attached hydrogen (secondary N) is 2. The summed E-state index contributed by atoms with van der Waals surface area (Å²) in [5, 5.41) is 7.22. The molecule has 0 radical (unpaired) electrons. The number of rotatable bonds is 5. The zero-order valence-corrected chi connectivity index (χ0v) is 9.33. The Labute approximate surface area is 94.0 Å². The average molecular weight is 243 g/mol. The number of benzene rings is 1. The highest BCUT2D eigenvalue weighted by Crippen LogP contribution is 1.96. The molecule has 0 aliphatic carbocycles. The van der Waals surface area contributed by atoms with Crippen molar-refractivity contribution in [1.82, 2.24) is 10.0 Å². The highest BCUT2D eigenvalue weighted by atomic mass is 32.2. The maximum absolute atomic E-state index is 11.2. The second kappa shape index (κ2) is 5.59. The van der Waals surface area contributed by atoms with Crippen LogP contribution in [0.3, 0.4) is 0 Å². The van der Waals surface area contributed by atoms with Crippen LogP contribution in [0.25, 0.3) is 0 Å². The molecule has 1 amide bonds. The summed E-state index contributed by atoms with van der Waals surface area (Å²) in [6.45, 7) is -0.00234. The molecule has 0 bridgehead atoms. The van der Waals surface area contributed by atoms with Crippen molar-refractivity contribution >= 4 is 16.1 Å². The van der Waals surface area contributed by atoms with Crippen molar-refractivity contribution in [3.05, 3.63) is 35.9 Å². The molecule has 0 unspecified atom stereocenters. The largest absolute Gasteiger partial charge is 0.351 e. The third-order valence-corrected chi connectivity index (χ3v) is 2.31. The van der Waals surface area contributed by atoms with Crippen LogP contribution in [-0.4, -0.2) is 20.9 Å². The van der Waals surface area contributed by atoms with Gasteiger partial charge in [0.25, 0.3) is 10.2 Å². The fourth-order valence-electron chi connectivity index (χ4n) is 1.03. The zero-order valence-electron chi connectivity index (χ0n) is 8.51. The molecule has 0 aliphatic heterocycles. The van der Waals surface area contributed by atoms with Gasteiger partial charge < -0.3 is 5.32 Å². The molecule has 0 aromatic heterocycles. The van der Waals surface area contributed by atoms with Crippen molar-refractivity contribution in [2.45, 2.75) is 6.54 Å². The molecule has 0 atom stereocenters. The molecule has 0 aliphatic rings. The molecule has 0 saturated heterocycles. The topological polar surface area (TPSA) is 101 Å². The van der Waals surface area contributed by atoms with Crippen molar-refractivity contribution in [2.24, 2.45) is 5.14 Å². The van der Waals surface area contributed by atoms with Crippen LogP contribution in [0.2, 0.25) is 0 Å². The van der Waals surface area contributed by atoms with Crippen LogP contribution < -0.4 is 15.2 Å². The third kappa shape index (κ3) is 5.44. The third-order valence-electron chi connectivity index (χ3n) is 1.77. The Morgan fingerprint density at radius 3 is 2.44 bits per heavy atom. The predicted octanol–water partition coefficient (Wildman–Crippen LogP) is -0.904. The maximum Gasteiger partial charge on any atom is 0.274 e. The lowest BCUT2D eigenvalue weighted by molar-refractivity contribution is -0.120. The second-order valence-corrected chi connectivity index (χ2v) is 4.51. The van der Waals surface area contributed by atoms with Crippen LogP contribution >= 0.6 is 0 Å². The van der Waals surface area contributed by atoms with Crippen LogP contribution in [-0.2, 0) is 21.5 Å². The number of amides is 1. The smallest absolute Gasteiger partial charge is 0.274 e. The van der Waals surface area contributed by atoms with E-state index in [1.165, 1.54) is 0 Å². The van der Waals surface area contributed by atoms with Gasteiger partial charge >= 0.3 is 0 Å². The van der Waals surface area contributed by atoms with Gasteiger partial charge in [-0.2, -0.15) is 13.1 Å². The van der Waals surface area contributed by atoms with E-state index in [1.807, 2.05) is 35.1 Å². The molecular formula is C9H13N3O3S. The fraction of sp³-hybridized carbons (Fsp3) is 0.222. The van der Waals surface area contributed by atoms with E-state index >= 15 is 0 Å². The molecule has 7 heteroatoms. The van der Waals surface area contributed by atoms with E-state index in [0.29, 0.717) is 6.54 Å². The van der Waals surface area contributed by atoms with Gasteiger partial charge in [0.2, 0.25) is 5.91 Å². The number of carbonyl (C=O) groups excluding carboxylic acids is 1. The molecule has 1 aromatic carbocycles. The van der Waals surface area contributed by atoms with Crippen LogP contribution in [0.5, 0.6) is 0 Å². The van der Waals surface area contributed by atoms with Gasteiger partial charge in [-0.1, -0.05) is 30.3 Å². The van der Waals surface area contributed by atoms with E-state index in [-0.39, 0.29) is 6.54 Å². The van der Waals surface area contributed by atoms with E-state index in [9.17, 15) is 13.2 Å². The van der Waals surface area contributed by atoms with Crippen molar-refractivity contribution in [3.63, 3.8) is 0 Å². The standard InChI is InChI=1S/C9H13N3O3S/c10-16(14,15)12-7-9(13)11-6-8-4-2-1-3-5-8/h1-5,12H,6-7H2,(H,11,13)(H2,10,14,15). The van der Waals surface area contributed by atoms with E-state index < -0.39 is 16.1 Å². The molecule has 0 heterocycles. The zero-order chi connectivity index (χ0) is 12.0. The predicted molar refractivity (Wildman–Crippen MR) is 59.4 cm³/mol. The first-order valence-corrected chi connectivity index (χ1v) is 6.10. The molecule has 4 N–H and O–H groups in total. The minimum Gasteiger partial charge on any atom is -0.351 e. The van der Waals surface area contributed by atoms with Crippen LogP contribution in [0.1, 0.15) is 5.56 Å². The van der Waals surface area contributed by atoms with Gasteiger partial charge in [0.15, 0.2) is 0 Å². The van der Waals surface area contributed by atoms with E-state index in [0.717, 1.165) is 5.56 Å². The van der Waals surface area contributed by atoms with E-state index in [1.54, 1.807) is 0 Å². The molecule has 6 nitrogen and oxygen atoms in total. The summed E-state index contributed by atoms with van der Waals surface area (Å²) < 4.78 is 22.9.